The molecule has 0 bridgehead atoms. The van der Waals surface area contributed by atoms with Crippen LogP contribution in [0.4, 0.5) is 0 Å². The van der Waals surface area contributed by atoms with Gasteiger partial charge in [-0.25, -0.2) is 4.98 Å². The first-order valence-electron chi connectivity index (χ1n) is 11.3. The van der Waals surface area contributed by atoms with Gasteiger partial charge in [-0.15, -0.1) is 0 Å². The second-order valence-corrected chi connectivity index (χ2v) is 8.83. The molecule has 7 rings (SSSR count). The predicted molar refractivity (Wildman–Crippen MR) is 142 cm³/mol. The fraction of sp³-hybridized carbons (Fsp3) is 0. The Balaban J connectivity index is 1.53. The highest BCUT2D eigenvalue weighted by Crippen LogP contribution is 2.40. The topological polar surface area (TPSA) is 64.5 Å². The molecule has 0 unspecified atom stereocenters. The van der Waals surface area contributed by atoms with Gasteiger partial charge in [-0.2, -0.15) is 8.75 Å². The van der Waals surface area contributed by atoms with Gasteiger partial charge in [0, 0.05) is 45.2 Å². The maximum Gasteiger partial charge on any atom is 0.114 e. The number of fused-ring (bicyclic) bond motifs is 5. The van der Waals surface area contributed by atoms with Crippen LogP contribution in [0, 0.1) is 0 Å². The quantitative estimate of drug-likeness (QED) is 0.257. The molecule has 4 aromatic heterocycles. The van der Waals surface area contributed by atoms with Gasteiger partial charge >= 0.3 is 0 Å². The Morgan fingerprint density at radius 2 is 1.40 bits per heavy atom. The van der Waals surface area contributed by atoms with Gasteiger partial charge in [0.25, 0.3) is 0 Å². The van der Waals surface area contributed by atoms with Crippen molar-refractivity contribution in [3.63, 3.8) is 0 Å². The maximum atomic E-state index is 5.08. The third-order valence-electron chi connectivity index (χ3n) is 6.25. The smallest absolute Gasteiger partial charge is 0.114 e. The summed E-state index contributed by atoms with van der Waals surface area (Å²) < 4.78 is 9.46. The third-order valence-corrected chi connectivity index (χ3v) is 6.78. The first-order chi connectivity index (χ1) is 17.4. The van der Waals surface area contributed by atoms with Crippen LogP contribution in [0.25, 0.3) is 66.5 Å². The van der Waals surface area contributed by atoms with Gasteiger partial charge in [0.2, 0.25) is 0 Å². The molecule has 4 heterocycles. The molecule has 0 aliphatic heterocycles. The molecule has 0 saturated heterocycles. The maximum absolute atomic E-state index is 5.08. The molecule has 6 heteroatoms. The summed E-state index contributed by atoms with van der Waals surface area (Å²) in [7, 11) is 0. The van der Waals surface area contributed by atoms with E-state index in [4.69, 9.17) is 18.7 Å². The van der Waals surface area contributed by atoms with Gasteiger partial charge in [-0.1, -0.05) is 60.7 Å². The van der Waals surface area contributed by atoms with Crippen molar-refractivity contribution in [1.29, 1.82) is 0 Å². The van der Waals surface area contributed by atoms with E-state index in [1.165, 1.54) is 11.7 Å². The second-order valence-electron chi connectivity index (χ2n) is 8.30. The first-order valence-corrected chi connectivity index (χ1v) is 12.0. The fourth-order valence-electron chi connectivity index (χ4n) is 4.62. The molecule has 0 aliphatic rings. The summed E-state index contributed by atoms with van der Waals surface area (Å²) in [5.41, 5.74) is 8.39. The van der Waals surface area contributed by atoms with Crippen LogP contribution in [0.5, 0.6) is 0 Å². The van der Waals surface area contributed by atoms with Crippen LogP contribution in [-0.4, -0.2) is 23.7 Å². The van der Waals surface area contributed by atoms with Crippen LogP contribution in [-0.2, 0) is 0 Å². The van der Waals surface area contributed by atoms with Gasteiger partial charge in [0.05, 0.1) is 34.3 Å². The number of nitrogens with zero attached hydrogens (tertiary/aromatic N) is 5. The van der Waals surface area contributed by atoms with E-state index in [1.807, 2.05) is 60.8 Å². The molecule has 0 radical (unpaired) electrons. The van der Waals surface area contributed by atoms with Gasteiger partial charge in [-0.05, 0) is 30.3 Å². The Bertz CT molecular complexity index is 1830. The van der Waals surface area contributed by atoms with Crippen LogP contribution in [0.3, 0.4) is 0 Å². The lowest BCUT2D eigenvalue weighted by molar-refractivity contribution is 1.25. The van der Waals surface area contributed by atoms with Gasteiger partial charge in [0.1, 0.15) is 11.0 Å². The SMILES string of the molecule is c1ccc(-c2nc3ccccc3c3c2cc(-c2ccc(-c4ccccn4)nc2)c2nsnc23)cc1. The Labute approximate surface area is 205 Å². The highest BCUT2D eigenvalue weighted by atomic mass is 32.1. The molecule has 0 fully saturated rings. The third kappa shape index (κ3) is 3.26. The zero-order valence-corrected chi connectivity index (χ0v) is 19.3. The van der Waals surface area contributed by atoms with E-state index in [2.05, 4.69) is 41.4 Å². The van der Waals surface area contributed by atoms with E-state index < -0.39 is 0 Å². The molecular formula is C29H17N5S. The molecule has 0 saturated carbocycles. The Kier molecular flexibility index (Phi) is 4.57. The number of hydrogen-bond donors (Lipinski definition) is 0. The summed E-state index contributed by atoms with van der Waals surface area (Å²) in [5, 5.41) is 3.22. The number of aromatic nitrogens is 5. The van der Waals surface area contributed by atoms with Crippen molar-refractivity contribution in [1.82, 2.24) is 23.7 Å². The summed E-state index contributed by atoms with van der Waals surface area (Å²) in [6, 6.07) is 30.7. The molecule has 0 aliphatic carbocycles. The Morgan fingerprint density at radius 3 is 2.23 bits per heavy atom. The van der Waals surface area contributed by atoms with Crippen LogP contribution in [0.15, 0.2) is 103 Å². The number of rotatable bonds is 3. The largest absolute Gasteiger partial charge is 0.255 e. The molecular weight excluding hydrogens is 450 g/mol. The lowest BCUT2D eigenvalue weighted by Crippen LogP contribution is -1.93. The highest BCUT2D eigenvalue weighted by molar-refractivity contribution is 7.00. The van der Waals surface area contributed by atoms with E-state index in [0.717, 1.165) is 66.5 Å². The number of pyridine rings is 3. The second kappa shape index (κ2) is 8.04. The lowest BCUT2D eigenvalue weighted by atomic mass is 9.94. The Morgan fingerprint density at radius 1 is 0.600 bits per heavy atom. The van der Waals surface area contributed by atoms with E-state index in [-0.39, 0.29) is 0 Å². The molecule has 0 amide bonds. The van der Waals surface area contributed by atoms with Crippen molar-refractivity contribution >= 4 is 44.4 Å². The summed E-state index contributed by atoms with van der Waals surface area (Å²) in [4.78, 5) is 14.2. The van der Waals surface area contributed by atoms with Crippen LogP contribution < -0.4 is 0 Å². The molecule has 7 aromatic rings. The fourth-order valence-corrected chi connectivity index (χ4v) is 5.19. The highest BCUT2D eigenvalue weighted by Gasteiger charge is 2.19. The molecule has 164 valence electrons. The molecule has 35 heavy (non-hydrogen) atoms. The average molecular weight is 468 g/mol. The molecule has 3 aromatic carbocycles. The minimum Gasteiger partial charge on any atom is -0.255 e. The Hall–Kier alpha value is -4.55. The van der Waals surface area contributed by atoms with E-state index >= 15 is 0 Å². The van der Waals surface area contributed by atoms with Crippen molar-refractivity contribution in [3.05, 3.63) is 103 Å². The summed E-state index contributed by atoms with van der Waals surface area (Å²) >= 11 is 1.24. The van der Waals surface area contributed by atoms with Crippen molar-refractivity contribution < 1.29 is 0 Å². The van der Waals surface area contributed by atoms with Gasteiger partial charge < -0.3 is 0 Å². The number of hydrogen-bond acceptors (Lipinski definition) is 6. The first kappa shape index (κ1) is 19.9. The molecule has 0 N–H and O–H groups in total. The average Bonchev–Trinajstić information content (AvgIpc) is 3.43. The van der Waals surface area contributed by atoms with Gasteiger partial charge in [-0.3, -0.25) is 9.97 Å². The minimum absolute atomic E-state index is 0.834. The van der Waals surface area contributed by atoms with Crippen LogP contribution in [0.1, 0.15) is 0 Å². The summed E-state index contributed by atoms with van der Waals surface area (Å²) in [6.45, 7) is 0. The van der Waals surface area contributed by atoms with E-state index in [1.54, 1.807) is 6.20 Å². The van der Waals surface area contributed by atoms with Crippen molar-refractivity contribution in [3.8, 4) is 33.8 Å². The molecule has 5 nitrogen and oxygen atoms in total. The zero-order chi connectivity index (χ0) is 23.2. The minimum atomic E-state index is 0.834. The zero-order valence-electron chi connectivity index (χ0n) is 18.5. The van der Waals surface area contributed by atoms with Crippen molar-refractivity contribution in [2.75, 3.05) is 0 Å². The monoisotopic (exact) mass is 467 g/mol. The predicted octanol–water partition coefficient (Wildman–Crippen LogP) is 7.18. The van der Waals surface area contributed by atoms with Crippen molar-refractivity contribution in [2.45, 2.75) is 0 Å². The standard InChI is InChI=1S/C29H17N5S/c1-2-8-18(9-3-1)27-22-16-21(19-13-14-25(31-17-19)24-12-6-7-15-30-24)28-29(34-35-33-28)26(22)20-10-4-5-11-23(20)32-27/h1-17H. The molecule has 0 atom stereocenters. The van der Waals surface area contributed by atoms with E-state index in [0.29, 0.717) is 0 Å². The van der Waals surface area contributed by atoms with Crippen LogP contribution in [0.2, 0.25) is 0 Å². The lowest BCUT2D eigenvalue weighted by Gasteiger charge is -2.13. The van der Waals surface area contributed by atoms with Crippen molar-refractivity contribution in [2.24, 2.45) is 0 Å². The summed E-state index contributed by atoms with van der Waals surface area (Å²) in [5.74, 6) is 0. The van der Waals surface area contributed by atoms with Crippen LogP contribution >= 0.6 is 11.7 Å². The number of benzene rings is 3. The molecule has 0 spiro atoms. The summed E-state index contributed by atoms with van der Waals surface area (Å²) in [6.07, 6.45) is 3.67. The van der Waals surface area contributed by atoms with Gasteiger partial charge in [0.15, 0.2) is 0 Å². The number of para-hydroxylation sites is 1. The normalized spacial score (nSPS) is 11.4. The van der Waals surface area contributed by atoms with E-state index in [9.17, 15) is 0 Å².